The van der Waals surface area contributed by atoms with Crippen LogP contribution in [0.25, 0.3) is 11.0 Å². The molecule has 0 bridgehead atoms. The predicted molar refractivity (Wildman–Crippen MR) is 60.8 cm³/mol. The maximum Gasteiger partial charge on any atom is 0.314 e. The number of nitrogens with one attached hydrogen (secondary N) is 2. The molecule has 0 amide bonds. The number of aromatic nitrogens is 2. The summed E-state index contributed by atoms with van der Waals surface area (Å²) in [5.41, 5.74) is -1.32. The van der Waals surface area contributed by atoms with Gasteiger partial charge in [0.05, 0.1) is 15.9 Å². The normalized spacial score (nSPS) is 11.1. The largest absolute Gasteiger partial charge is 0.316 e. The summed E-state index contributed by atoms with van der Waals surface area (Å²) in [5, 5.41) is 0. The monoisotopic (exact) mass is 281 g/mol. The molecule has 1 aromatic carbocycles. The molecular weight excluding hydrogens is 275 g/mol. The van der Waals surface area contributed by atoms with Crippen LogP contribution in [0.3, 0.4) is 0 Å². The molecule has 17 heavy (non-hydrogen) atoms. The van der Waals surface area contributed by atoms with E-state index in [4.69, 9.17) is 4.55 Å². The van der Waals surface area contributed by atoms with Gasteiger partial charge < -0.3 is 9.97 Å². The second kappa shape index (κ2) is 5.14. The molecule has 3 N–H and O–H groups in total. The van der Waals surface area contributed by atoms with E-state index in [2.05, 4.69) is 9.97 Å². The van der Waals surface area contributed by atoms with E-state index < -0.39 is 21.2 Å². The second-order valence-corrected chi connectivity index (χ2v) is 4.51. The van der Waals surface area contributed by atoms with Crippen molar-refractivity contribution in [3.8, 4) is 0 Å². The molecular formula is C8H6KN2O5S. The molecule has 2 rings (SSSR count). The molecule has 1 aromatic heterocycles. The van der Waals surface area contributed by atoms with Crippen molar-refractivity contribution in [2.24, 2.45) is 0 Å². The van der Waals surface area contributed by atoms with Gasteiger partial charge >= 0.3 is 11.1 Å². The number of rotatable bonds is 1. The number of H-pyrrole nitrogens is 2. The third-order valence-electron chi connectivity index (χ3n) is 1.99. The second-order valence-electron chi connectivity index (χ2n) is 3.09. The smallest absolute Gasteiger partial charge is 0.314 e. The van der Waals surface area contributed by atoms with Gasteiger partial charge in [-0.15, -0.1) is 0 Å². The zero-order chi connectivity index (χ0) is 11.9. The molecule has 85 valence electrons. The Morgan fingerprint density at radius 3 is 2.06 bits per heavy atom. The molecule has 0 saturated carbocycles. The topological polar surface area (TPSA) is 120 Å². The molecule has 0 fully saturated rings. The van der Waals surface area contributed by atoms with Crippen molar-refractivity contribution in [2.45, 2.75) is 4.90 Å². The Kier molecular flexibility index (Phi) is 4.47. The van der Waals surface area contributed by atoms with Gasteiger partial charge in [0.15, 0.2) is 0 Å². The van der Waals surface area contributed by atoms with Crippen LogP contribution < -0.4 is 11.1 Å². The Balaban J connectivity index is 0.00000144. The summed E-state index contributed by atoms with van der Waals surface area (Å²) >= 11 is 0. The molecule has 1 radical (unpaired) electrons. The fourth-order valence-electron chi connectivity index (χ4n) is 1.25. The van der Waals surface area contributed by atoms with E-state index in [0.717, 1.165) is 12.1 Å². The molecule has 0 aliphatic heterocycles. The Morgan fingerprint density at radius 2 is 1.53 bits per heavy atom. The van der Waals surface area contributed by atoms with E-state index in [1.807, 2.05) is 0 Å². The number of aromatic amines is 2. The molecule has 0 saturated heterocycles. The van der Waals surface area contributed by atoms with Gasteiger partial charge in [-0.25, -0.2) is 0 Å². The maximum atomic E-state index is 11.0. The fourth-order valence-corrected chi connectivity index (χ4v) is 1.76. The van der Waals surface area contributed by atoms with Crippen LogP contribution in [-0.4, -0.2) is 74.3 Å². The van der Waals surface area contributed by atoms with Crippen LogP contribution in [0.15, 0.2) is 32.7 Å². The molecule has 2 aromatic rings. The van der Waals surface area contributed by atoms with E-state index in [1.54, 1.807) is 0 Å². The third-order valence-corrected chi connectivity index (χ3v) is 2.84. The summed E-state index contributed by atoms with van der Waals surface area (Å²) in [5.74, 6) is 0. The summed E-state index contributed by atoms with van der Waals surface area (Å²) in [6, 6.07) is 3.45. The summed E-state index contributed by atoms with van der Waals surface area (Å²) in [4.78, 5) is 26.0. The first-order chi connectivity index (χ1) is 7.38. The molecule has 7 nitrogen and oxygen atoms in total. The summed E-state index contributed by atoms with van der Waals surface area (Å²) < 4.78 is 30.4. The van der Waals surface area contributed by atoms with Crippen LogP contribution in [-0.2, 0) is 10.1 Å². The Labute approximate surface area is 137 Å². The first kappa shape index (κ1) is 14.8. The van der Waals surface area contributed by atoms with E-state index in [-0.39, 0.29) is 67.3 Å². The molecule has 0 spiro atoms. The minimum Gasteiger partial charge on any atom is -0.316 e. The maximum absolute atomic E-state index is 11.0. The predicted octanol–water partition coefficient (Wildman–Crippen LogP) is -0.918. The number of hydrogen-bond acceptors (Lipinski definition) is 4. The van der Waals surface area contributed by atoms with Crippen LogP contribution in [0, 0.1) is 0 Å². The van der Waals surface area contributed by atoms with Gasteiger partial charge in [-0.1, -0.05) is 0 Å². The van der Waals surface area contributed by atoms with Crippen LogP contribution >= 0.6 is 0 Å². The van der Waals surface area contributed by atoms with Crippen molar-refractivity contribution in [1.29, 1.82) is 0 Å². The number of benzene rings is 1. The quantitative estimate of drug-likeness (QED) is 0.355. The molecule has 0 unspecified atom stereocenters. The fraction of sp³-hybridized carbons (Fsp3) is 0. The van der Waals surface area contributed by atoms with Crippen molar-refractivity contribution in [2.75, 3.05) is 0 Å². The van der Waals surface area contributed by atoms with Crippen LogP contribution in [0.2, 0.25) is 0 Å². The standard InChI is InChI=1S/C8H6N2O5S.K/c11-7-8(12)10-6-3-4(16(13,14)15)1-2-5(6)9-7;/h1-3H,(H,9,11)(H,10,12)(H,13,14,15);. The average molecular weight is 281 g/mol. The van der Waals surface area contributed by atoms with Crippen molar-refractivity contribution < 1.29 is 13.0 Å². The molecule has 0 aliphatic rings. The van der Waals surface area contributed by atoms with Crippen molar-refractivity contribution >= 4 is 72.5 Å². The van der Waals surface area contributed by atoms with Gasteiger partial charge in [-0.05, 0) is 18.2 Å². The summed E-state index contributed by atoms with van der Waals surface area (Å²) in [7, 11) is -4.33. The van der Waals surface area contributed by atoms with E-state index >= 15 is 0 Å². The average Bonchev–Trinajstić information content (AvgIpc) is 2.17. The van der Waals surface area contributed by atoms with E-state index in [9.17, 15) is 18.0 Å². The molecule has 0 aliphatic carbocycles. The summed E-state index contributed by atoms with van der Waals surface area (Å²) in [6.07, 6.45) is 0. The van der Waals surface area contributed by atoms with E-state index in [0.29, 0.717) is 0 Å². The minimum absolute atomic E-state index is 0. The van der Waals surface area contributed by atoms with Gasteiger partial charge in [-0.2, -0.15) is 8.42 Å². The van der Waals surface area contributed by atoms with Crippen molar-refractivity contribution in [3.05, 3.63) is 38.9 Å². The van der Waals surface area contributed by atoms with Gasteiger partial charge in [0, 0.05) is 51.4 Å². The first-order valence-electron chi connectivity index (χ1n) is 4.12. The molecule has 0 atom stereocenters. The zero-order valence-corrected chi connectivity index (χ0v) is 12.7. The van der Waals surface area contributed by atoms with Gasteiger partial charge in [-0.3, -0.25) is 14.1 Å². The molecule has 1 heterocycles. The van der Waals surface area contributed by atoms with Crippen molar-refractivity contribution in [3.63, 3.8) is 0 Å². The Bertz CT molecular complexity index is 776. The summed E-state index contributed by atoms with van der Waals surface area (Å²) in [6.45, 7) is 0. The van der Waals surface area contributed by atoms with Crippen molar-refractivity contribution in [1.82, 2.24) is 9.97 Å². The molecule has 9 heteroatoms. The van der Waals surface area contributed by atoms with Gasteiger partial charge in [0.25, 0.3) is 10.1 Å². The van der Waals surface area contributed by atoms with E-state index in [1.165, 1.54) is 6.07 Å². The number of fused-ring (bicyclic) bond motifs is 1. The van der Waals surface area contributed by atoms with Gasteiger partial charge in [0.2, 0.25) is 0 Å². The Hall–Kier alpha value is -0.294. The third kappa shape index (κ3) is 3.13. The van der Waals surface area contributed by atoms with Crippen LogP contribution in [0.4, 0.5) is 0 Å². The number of hydrogen-bond donors (Lipinski definition) is 3. The zero-order valence-electron chi connectivity index (χ0n) is 8.72. The minimum atomic E-state index is -4.33. The van der Waals surface area contributed by atoms with Crippen LogP contribution in [0.5, 0.6) is 0 Å². The first-order valence-corrected chi connectivity index (χ1v) is 5.56. The SMILES string of the molecule is O=c1[nH]c2ccc(S(=O)(=O)O)cc2[nH]c1=O.[K]. The Morgan fingerprint density at radius 1 is 1.00 bits per heavy atom. The van der Waals surface area contributed by atoms with Crippen LogP contribution in [0.1, 0.15) is 0 Å². The van der Waals surface area contributed by atoms with Gasteiger partial charge in [0.1, 0.15) is 0 Å².